The van der Waals surface area contributed by atoms with Gasteiger partial charge >= 0.3 is 0 Å². The molecular formula is C32H45F4N3O2. The van der Waals surface area contributed by atoms with E-state index in [1.807, 2.05) is 32.1 Å². The van der Waals surface area contributed by atoms with E-state index in [4.69, 9.17) is 4.74 Å². The minimum absolute atomic E-state index is 0.0506. The normalized spacial score (nSPS) is 16.6. The highest BCUT2D eigenvalue weighted by Crippen LogP contribution is 2.32. The first kappa shape index (κ1) is 34.1. The molecule has 1 aromatic carbocycles. The van der Waals surface area contributed by atoms with E-state index in [1.165, 1.54) is 37.7 Å². The van der Waals surface area contributed by atoms with Gasteiger partial charge in [-0.25, -0.2) is 13.8 Å². The van der Waals surface area contributed by atoms with Gasteiger partial charge in [-0.15, -0.1) is 0 Å². The molecule has 228 valence electrons. The Morgan fingerprint density at radius 1 is 0.951 bits per heavy atom. The van der Waals surface area contributed by atoms with Crippen molar-refractivity contribution in [2.45, 2.75) is 105 Å². The minimum Gasteiger partial charge on any atom is -0.420 e. The number of hydrogen-bond donors (Lipinski definition) is 2. The molecule has 2 aliphatic rings. The largest absolute Gasteiger partial charge is 0.420 e. The number of amidine groups is 1. The molecule has 0 bridgehead atoms. The van der Waals surface area contributed by atoms with Crippen LogP contribution in [0.3, 0.4) is 0 Å². The van der Waals surface area contributed by atoms with Crippen LogP contribution in [0.5, 0.6) is 5.75 Å². The summed E-state index contributed by atoms with van der Waals surface area (Å²) in [7, 11) is 0. The molecule has 0 aliphatic heterocycles. The standard InChI is InChI=1S/C30H39F4N3O2.C2H6/c1-18(2)36-30(37-19(3)4)39-28-26(33)24(31)23(25(32)27(28)34)29(38)35-17-20-11-10-14-22(16-15-20)21-12-8-6-5-7-9-13-21;1-2/h10-11,14-15,18-19,21H,5-9,12-13,16-17H2,1-4H3,(H,35,38)(H,36,37);1-2H3. The number of ether oxygens (including phenoxy) is 1. The third-order valence-electron chi connectivity index (χ3n) is 6.74. The predicted molar refractivity (Wildman–Crippen MR) is 157 cm³/mol. The summed E-state index contributed by atoms with van der Waals surface area (Å²) in [6, 6.07) is -0.857. The molecule has 3 rings (SSSR count). The molecule has 41 heavy (non-hydrogen) atoms. The molecule has 2 aliphatic carbocycles. The Hall–Kier alpha value is -3.10. The van der Waals surface area contributed by atoms with Crippen molar-refractivity contribution in [3.8, 4) is 5.75 Å². The van der Waals surface area contributed by atoms with Crippen molar-refractivity contribution in [3.05, 3.63) is 64.3 Å². The molecule has 0 aromatic heterocycles. The van der Waals surface area contributed by atoms with Crippen LogP contribution in [-0.4, -0.2) is 30.6 Å². The Labute approximate surface area is 242 Å². The van der Waals surface area contributed by atoms with E-state index in [0.29, 0.717) is 12.3 Å². The Morgan fingerprint density at radius 3 is 2.10 bits per heavy atom. The second kappa shape index (κ2) is 17.0. The van der Waals surface area contributed by atoms with Gasteiger partial charge in [0.25, 0.3) is 11.9 Å². The lowest BCUT2D eigenvalue weighted by Crippen LogP contribution is -2.36. The van der Waals surface area contributed by atoms with Crippen LogP contribution in [0.4, 0.5) is 17.6 Å². The smallest absolute Gasteiger partial charge is 0.290 e. The second-order valence-electron chi connectivity index (χ2n) is 10.7. The molecule has 0 unspecified atom stereocenters. The average molecular weight is 580 g/mol. The number of nitrogens with zero attached hydrogens (tertiary/aromatic N) is 1. The van der Waals surface area contributed by atoms with Crippen molar-refractivity contribution in [1.82, 2.24) is 10.6 Å². The molecule has 0 heterocycles. The van der Waals surface area contributed by atoms with Gasteiger partial charge in [-0.1, -0.05) is 75.8 Å². The van der Waals surface area contributed by atoms with Gasteiger partial charge in [0.1, 0.15) is 5.56 Å². The Morgan fingerprint density at radius 2 is 1.54 bits per heavy atom. The van der Waals surface area contributed by atoms with Crippen LogP contribution >= 0.6 is 0 Å². The number of halogens is 4. The highest BCUT2D eigenvalue weighted by atomic mass is 19.2. The first-order chi connectivity index (χ1) is 19.6. The monoisotopic (exact) mass is 579 g/mol. The fourth-order valence-electron chi connectivity index (χ4n) is 4.78. The van der Waals surface area contributed by atoms with Crippen LogP contribution in [-0.2, 0) is 0 Å². The van der Waals surface area contributed by atoms with Crippen LogP contribution in [0.15, 0.2) is 40.4 Å². The van der Waals surface area contributed by atoms with E-state index >= 15 is 0 Å². The zero-order valence-electron chi connectivity index (χ0n) is 25.2. The maximum atomic E-state index is 14.9. The second-order valence-corrected chi connectivity index (χ2v) is 10.7. The molecule has 1 saturated carbocycles. The maximum absolute atomic E-state index is 14.9. The zero-order chi connectivity index (χ0) is 30.5. The molecule has 1 amide bonds. The topological polar surface area (TPSA) is 62.7 Å². The minimum atomic E-state index is -1.84. The number of benzene rings is 1. The Bertz CT molecular complexity index is 1120. The zero-order valence-corrected chi connectivity index (χ0v) is 25.2. The summed E-state index contributed by atoms with van der Waals surface area (Å²) < 4.78 is 64.5. The molecule has 1 fully saturated rings. The lowest BCUT2D eigenvalue weighted by atomic mass is 9.84. The van der Waals surface area contributed by atoms with E-state index < -0.39 is 40.5 Å². The summed E-state index contributed by atoms with van der Waals surface area (Å²) in [5, 5.41) is 5.12. The lowest BCUT2D eigenvalue weighted by Gasteiger charge is -2.22. The van der Waals surface area contributed by atoms with Gasteiger partial charge in [-0.05, 0) is 58.4 Å². The van der Waals surface area contributed by atoms with E-state index in [1.54, 1.807) is 27.7 Å². The number of rotatable bonds is 7. The molecular weight excluding hydrogens is 534 g/mol. The van der Waals surface area contributed by atoms with Gasteiger partial charge in [0.05, 0.1) is 0 Å². The molecule has 9 heteroatoms. The van der Waals surface area contributed by atoms with Crippen molar-refractivity contribution < 1.29 is 27.1 Å². The van der Waals surface area contributed by atoms with Gasteiger partial charge in [0.15, 0.2) is 11.6 Å². The number of hydrogen-bond acceptors (Lipinski definition) is 3. The van der Waals surface area contributed by atoms with Crippen LogP contribution in [0.1, 0.15) is 103 Å². The molecule has 5 nitrogen and oxygen atoms in total. The number of nitrogens with one attached hydrogen (secondary N) is 2. The highest BCUT2D eigenvalue weighted by molar-refractivity contribution is 5.95. The van der Waals surface area contributed by atoms with Crippen molar-refractivity contribution >= 4 is 11.9 Å². The van der Waals surface area contributed by atoms with Crippen molar-refractivity contribution in [2.75, 3.05) is 6.54 Å². The number of amides is 1. The summed E-state index contributed by atoms with van der Waals surface area (Å²) in [6.07, 6.45) is 17.1. The summed E-state index contributed by atoms with van der Waals surface area (Å²) in [6.45, 7) is 10.8. The maximum Gasteiger partial charge on any atom is 0.290 e. The highest BCUT2D eigenvalue weighted by Gasteiger charge is 2.31. The molecule has 0 saturated heterocycles. The summed E-state index contributed by atoms with van der Waals surface area (Å²) in [4.78, 5) is 16.7. The van der Waals surface area contributed by atoms with Crippen LogP contribution in [0, 0.1) is 29.2 Å². The third kappa shape index (κ3) is 10.0. The summed E-state index contributed by atoms with van der Waals surface area (Å²) >= 11 is 0. The van der Waals surface area contributed by atoms with Crippen LogP contribution in [0.2, 0.25) is 0 Å². The van der Waals surface area contributed by atoms with E-state index in [0.717, 1.165) is 18.4 Å². The van der Waals surface area contributed by atoms with Gasteiger partial charge in [-0.3, -0.25) is 4.79 Å². The summed E-state index contributed by atoms with van der Waals surface area (Å²) in [5.41, 5.74) is 0.720. The first-order valence-electron chi connectivity index (χ1n) is 14.8. The Balaban J connectivity index is 0.00000287. The molecule has 0 spiro atoms. The van der Waals surface area contributed by atoms with Gasteiger partial charge in [0, 0.05) is 18.6 Å². The van der Waals surface area contributed by atoms with Gasteiger partial charge in [0.2, 0.25) is 17.4 Å². The van der Waals surface area contributed by atoms with Crippen LogP contribution in [0.25, 0.3) is 0 Å². The number of carbonyl (C=O) groups is 1. The third-order valence-corrected chi connectivity index (χ3v) is 6.74. The van der Waals surface area contributed by atoms with Gasteiger partial charge < -0.3 is 15.4 Å². The van der Waals surface area contributed by atoms with E-state index in [-0.39, 0.29) is 24.7 Å². The number of aliphatic imine (C=N–C) groups is 1. The average Bonchev–Trinajstić information content (AvgIpc) is 3.15. The van der Waals surface area contributed by atoms with Crippen molar-refractivity contribution in [3.63, 3.8) is 0 Å². The predicted octanol–water partition coefficient (Wildman–Crippen LogP) is 8.31. The van der Waals surface area contributed by atoms with E-state index in [2.05, 4.69) is 21.7 Å². The molecule has 2 N–H and O–H groups in total. The fourth-order valence-corrected chi connectivity index (χ4v) is 4.78. The Kier molecular flexibility index (Phi) is 14.1. The first-order valence-corrected chi connectivity index (χ1v) is 14.8. The molecule has 0 radical (unpaired) electrons. The SMILES string of the molecule is CC.CC(C)N=C(NC(C)C)Oc1c(F)c(F)c(C(=O)NCC2=CCC(C3CCCCCCC3)=CC=C2)c(F)c1F. The lowest BCUT2D eigenvalue weighted by molar-refractivity contribution is 0.0946. The number of allylic oxidation sites excluding steroid dienone is 4. The molecule has 1 aromatic rings. The van der Waals surface area contributed by atoms with Crippen molar-refractivity contribution in [2.24, 2.45) is 10.9 Å². The van der Waals surface area contributed by atoms with Gasteiger partial charge in [-0.2, -0.15) is 8.78 Å². The van der Waals surface area contributed by atoms with Crippen molar-refractivity contribution in [1.29, 1.82) is 0 Å². The number of carbonyl (C=O) groups excluding carboxylic acids is 1. The van der Waals surface area contributed by atoms with E-state index in [9.17, 15) is 22.4 Å². The fraction of sp³-hybridized carbons (Fsp3) is 0.562. The molecule has 0 atom stereocenters. The van der Waals surface area contributed by atoms with Crippen LogP contribution < -0.4 is 15.4 Å². The summed E-state index contributed by atoms with van der Waals surface area (Å²) in [5.74, 6) is -9.36. The quantitative estimate of drug-likeness (QED) is 0.148.